The summed E-state index contributed by atoms with van der Waals surface area (Å²) in [6.45, 7) is 8.45. The van der Waals surface area contributed by atoms with E-state index in [0.29, 0.717) is 5.38 Å². The van der Waals surface area contributed by atoms with Gasteiger partial charge in [-0.2, -0.15) is 0 Å². The molecule has 0 radical (unpaired) electrons. The van der Waals surface area contributed by atoms with E-state index < -0.39 is 0 Å². The lowest BCUT2D eigenvalue weighted by molar-refractivity contribution is 0.104. The third-order valence-electron chi connectivity index (χ3n) is 6.79. The largest absolute Gasteiger partial charge is 0.369 e. The Bertz CT molecular complexity index is 851. The molecule has 1 aromatic heterocycles. The molecule has 0 bridgehead atoms. The average molecular weight is 459 g/mol. The number of hydrogen-bond acceptors (Lipinski definition) is 6. The van der Waals surface area contributed by atoms with Crippen LogP contribution in [0.25, 0.3) is 10.9 Å². The van der Waals surface area contributed by atoms with Gasteiger partial charge in [0.1, 0.15) is 11.6 Å². The molecule has 1 aliphatic carbocycles. The maximum atomic E-state index is 6.40. The molecule has 2 aliphatic rings. The molecule has 1 saturated heterocycles. The summed E-state index contributed by atoms with van der Waals surface area (Å²) in [6.07, 6.45) is 6.12. The first-order valence-electron chi connectivity index (χ1n) is 12.3. The van der Waals surface area contributed by atoms with E-state index in [4.69, 9.17) is 21.6 Å². The number of piperazine rings is 1. The van der Waals surface area contributed by atoms with Gasteiger partial charge in [0.15, 0.2) is 0 Å². The molecule has 1 unspecified atom stereocenters. The molecule has 176 valence electrons. The molecule has 2 aromatic rings. The van der Waals surface area contributed by atoms with Crippen molar-refractivity contribution >= 4 is 28.3 Å². The van der Waals surface area contributed by atoms with E-state index in [9.17, 15) is 0 Å². The molecule has 4 rings (SSSR count). The van der Waals surface area contributed by atoms with Crippen LogP contribution >= 0.6 is 11.6 Å². The number of fused-ring (bicyclic) bond motifs is 1. The minimum absolute atomic E-state index is 0.394. The first-order chi connectivity index (χ1) is 15.6. The van der Waals surface area contributed by atoms with Gasteiger partial charge in [-0.1, -0.05) is 18.6 Å². The van der Waals surface area contributed by atoms with E-state index in [0.717, 1.165) is 80.7 Å². The predicted molar refractivity (Wildman–Crippen MR) is 135 cm³/mol. The minimum Gasteiger partial charge on any atom is -0.369 e. The van der Waals surface area contributed by atoms with Crippen molar-refractivity contribution in [1.29, 1.82) is 0 Å². The van der Waals surface area contributed by atoms with Crippen LogP contribution in [0.3, 0.4) is 0 Å². The number of para-hydroxylation sites is 1. The summed E-state index contributed by atoms with van der Waals surface area (Å²) < 4.78 is 0. The van der Waals surface area contributed by atoms with E-state index in [-0.39, 0.29) is 0 Å². The molecular weight excluding hydrogens is 420 g/mol. The molecular formula is C25H39ClN6. The van der Waals surface area contributed by atoms with Gasteiger partial charge in [0.05, 0.1) is 12.1 Å². The fourth-order valence-electron chi connectivity index (χ4n) is 5.02. The van der Waals surface area contributed by atoms with Crippen LogP contribution in [0.4, 0.5) is 5.82 Å². The number of aromatic nitrogens is 2. The van der Waals surface area contributed by atoms with Crippen molar-refractivity contribution < 1.29 is 0 Å². The summed E-state index contributed by atoms with van der Waals surface area (Å²) >= 11 is 6.40. The fourth-order valence-corrected chi connectivity index (χ4v) is 5.42. The third-order valence-corrected chi connectivity index (χ3v) is 7.19. The van der Waals surface area contributed by atoms with Crippen molar-refractivity contribution in [1.82, 2.24) is 24.7 Å². The Morgan fingerprint density at radius 3 is 2.62 bits per heavy atom. The number of anilines is 1. The molecule has 1 aromatic carbocycles. The molecule has 2 fully saturated rings. The number of halogens is 1. The second-order valence-corrected chi connectivity index (χ2v) is 10.4. The maximum absolute atomic E-state index is 6.40. The fraction of sp³-hybridized carbons (Fsp3) is 0.680. The van der Waals surface area contributed by atoms with Crippen LogP contribution < -0.4 is 5.32 Å². The quantitative estimate of drug-likeness (QED) is 0.454. The average Bonchev–Trinajstić information content (AvgIpc) is 2.78. The molecule has 7 heteroatoms. The van der Waals surface area contributed by atoms with E-state index in [1.54, 1.807) is 0 Å². The van der Waals surface area contributed by atoms with Crippen molar-refractivity contribution in [2.45, 2.75) is 44.0 Å². The van der Waals surface area contributed by atoms with Crippen molar-refractivity contribution in [2.24, 2.45) is 5.92 Å². The normalized spacial score (nSPS) is 23.1. The van der Waals surface area contributed by atoms with Crippen LogP contribution in [-0.4, -0.2) is 90.0 Å². The monoisotopic (exact) mass is 458 g/mol. The molecule has 2 atom stereocenters. The molecule has 1 N–H and O–H groups in total. The Balaban J connectivity index is 1.32. The van der Waals surface area contributed by atoms with Crippen LogP contribution in [0.1, 0.15) is 37.9 Å². The summed E-state index contributed by atoms with van der Waals surface area (Å²) in [6, 6.07) is 8.33. The van der Waals surface area contributed by atoms with E-state index in [1.807, 2.05) is 0 Å². The Morgan fingerprint density at radius 1 is 1.06 bits per heavy atom. The highest BCUT2D eigenvalue weighted by Gasteiger charge is 2.25. The first kappa shape index (κ1) is 23.7. The Morgan fingerprint density at radius 2 is 1.84 bits per heavy atom. The number of nitrogens with zero attached hydrogens (tertiary/aromatic N) is 5. The zero-order chi connectivity index (χ0) is 22.3. The van der Waals surface area contributed by atoms with Gasteiger partial charge in [-0.3, -0.25) is 4.90 Å². The SMILES string of the molecule is CN(C)CCCNc1nc(CN2CCN(C[C@H]3CCCC(Cl)C3)CC2)nc2ccccc12. The molecule has 0 spiro atoms. The summed E-state index contributed by atoms with van der Waals surface area (Å²) in [5, 5.41) is 5.06. The van der Waals surface area contributed by atoms with Crippen LogP contribution in [0.5, 0.6) is 0 Å². The van der Waals surface area contributed by atoms with Crippen LogP contribution in [0.2, 0.25) is 0 Å². The molecule has 32 heavy (non-hydrogen) atoms. The minimum atomic E-state index is 0.394. The molecule has 6 nitrogen and oxygen atoms in total. The van der Waals surface area contributed by atoms with Crippen LogP contribution in [-0.2, 0) is 6.54 Å². The second kappa shape index (κ2) is 11.6. The number of rotatable bonds is 9. The van der Waals surface area contributed by atoms with Gasteiger partial charge in [-0.25, -0.2) is 9.97 Å². The molecule has 1 saturated carbocycles. The second-order valence-electron chi connectivity index (χ2n) is 9.80. The molecule has 1 aliphatic heterocycles. The number of benzene rings is 1. The van der Waals surface area contributed by atoms with Gasteiger partial charge in [0, 0.05) is 50.0 Å². The highest BCUT2D eigenvalue weighted by atomic mass is 35.5. The topological polar surface area (TPSA) is 47.5 Å². The predicted octanol–water partition coefficient (Wildman–Crippen LogP) is 3.91. The number of alkyl halides is 1. The van der Waals surface area contributed by atoms with Crippen molar-refractivity contribution in [3.8, 4) is 0 Å². The highest BCUT2D eigenvalue weighted by molar-refractivity contribution is 6.20. The van der Waals surface area contributed by atoms with E-state index in [1.165, 1.54) is 32.2 Å². The maximum Gasteiger partial charge on any atom is 0.145 e. The van der Waals surface area contributed by atoms with Gasteiger partial charge in [0.25, 0.3) is 0 Å². The highest BCUT2D eigenvalue weighted by Crippen LogP contribution is 2.28. The van der Waals surface area contributed by atoms with Crippen LogP contribution in [0, 0.1) is 5.92 Å². The van der Waals surface area contributed by atoms with Gasteiger partial charge < -0.3 is 15.1 Å². The smallest absolute Gasteiger partial charge is 0.145 e. The van der Waals surface area contributed by atoms with Crippen LogP contribution in [0.15, 0.2) is 24.3 Å². The zero-order valence-corrected chi connectivity index (χ0v) is 20.5. The Labute approximate surface area is 198 Å². The first-order valence-corrected chi connectivity index (χ1v) is 12.7. The van der Waals surface area contributed by atoms with Crippen molar-refractivity contribution in [3.05, 3.63) is 30.1 Å². The summed E-state index contributed by atoms with van der Waals surface area (Å²) in [5.41, 5.74) is 1.03. The molecule has 0 amide bonds. The van der Waals surface area contributed by atoms with Crippen molar-refractivity contribution in [3.63, 3.8) is 0 Å². The standard InChI is InChI=1S/C25H39ClN6/c1-30(2)12-6-11-27-25-22-9-3-4-10-23(22)28-24(29-25)19-32-15-13-31(14-16-32)18-20-7-5-8-21(26)17-20/h3-4,9-10,20-21H,5-8,11-19H2,1-2H3,(H,27,28,29)/t20-,21?/m0/s1. The lowest BCUT2D eigenvalue weighted by Crippen LogP contribution is -2.47. The van der Waals surface area contributed by atoms with Gasteiger partial charge in [0.2, 0.25) is 0 Å². The van der Waals surface area contributed by atoms with Crippen molar-refractivity contribution in [2.75, 3.05) is 65.2 Å². The molecule has 2 heterocycles. The van der Waals surface area contributed by atoms with E-state index in [2.05, 4.69) is 58.4 Å². The lowest BCUT2D eigenvalue weighted by Gasteiger charge is -2.37. The summed E-state index contributed by atoms with van der Waals surface area (Å²) in [7, 11) is 4.23. The summed E-state index contributed by atoms with van der Waals surface area (Å²) in [4.78, 5) is 17.2. The Hall–Kier alpha value is -1.47. The van der Waals surface area contributed by atoms with E-state index >= 15 is 0 Å². The number of nitrogens with one attached hydrogen (secondary N) is 1. The number of hydrogen-bond donors (Lipinski definition) is 1. The van der Waals surface area contributed by atoms with Gasteiger partial charge in [-0.15, -0.1) is 11.6 Å². The lowest BCUT2D eigenvalue weighted by atomic mass is 9.88. The summed E-state index contributed by atoms with van der Waals surface area (Å²) in [5.74, 6) is 2.67. The van der Waals surface area contributed by atoms with Gasteiger partial charge in [-0.05, 0) is 64.4 Å². The van der Waals surface area contributed by atoms with Gasteiger partial charge >= 0.3 is 0 Å². The zero-order valence-electron chi connectivity index (χ0n) is 19.8. The Kier molecular flexibility index (Phi) is 8.58. The third kappa shape index (κ3) is 6.77.